The number of hydrogen-bond donors (Lipinski definition) is 3. The molecule has 28 heavy (non-hydrogen) atoms. The summed E-state index contributed by atoms with van der Waals surface area (Å²) in [5.41, 5.74) is 12.2. The van der Waals surface area contributed by atoms with Crippen LogP contribution in [-0.2, 0) is 14.3 Å². The maximum absolute atomic E-state index is 12.8. The Morgan fingerprint density at radius 1 is 1.21 bits per heavy atom. The maximum atomic E-state index is 12.8. The number of ether oxygens (including phenoxy) is 1. The number of nitrogens with two attached hydrogens (primary N) is 1. The lowest BCUT2D eigenvalue weighted by Gasteiger charge is -2.35. The van der Waals surface area contributed by atoms with Crippen LogP contribution in [0.4, 0.5) is 0 Å². The molecule has 0 unspecified atom stereocenters. The average molecular weight is 401 g/mol. The minimum atomic E-state index is -1.68. The molecule has 0 aromatic carbocycles. The zero-order valence-electron chi connectivity index (χ0n) is 18.0. The molecule has 0 aliphatic heterocycles. The van der Waals surface area contributed by atoms with Crippen LogP contribution in [-0.4, -0.2) is 45.9 Å². The van der Waals surface area contributed by atoms with Crippen molar-refractivity contribution in [1.82, 2.24) is 0 Å². The fourth-order valence-corrected chi connectivity index (χ4v) is 2.87. The van der Waals surface area contributed by atoms with Gasteiger partial charge in [-0.2, -0.15) is 0 Å². The van der Waals surface area contributed by atoms with Crippen molar-refractivity contribution in [3.05, 3.63) is 10.4 Å². The van der Waals surface area contributed by atoms with Crippen LogP contribution in [0.2, 0.25) is 0 Å². The van der Waals surface area contributed by atoms with E-state index in [2.05, 4.69) is 10.0 Å². The van der Waals surface area contributed by atoms with E-state index in [9.17, 15) is 19.8 Å². The molecule has 4 N–H and O–H groups in total. The van der Waals surface area contributed by atoms with Crippen LogP contribution < -0.4 is 5.73 Å². The number of aliphatic hydroxyl groups is 1. The second-order valence-electron chi connectivity index (χ2n) is 9.06. The quantitative estimate of drug-likeness (QED) is 0.209. The second kappa shape index (κ2) is 10.6. The van der Waals surface area contributed by atoms with Crippen LogP contribution in [0.25, 0.3) is 10.4 Å². The Balaban J connectivity index is 5.77. The molecule has 0 aliphatic rings. The number of azide groups is 1. The van der Waals surface area contributed by atoms with Gasteiger partial charge >= 0.3 is 11.9 Å². The number of hydrogen-bond acceptors (Lipinski definition) is 6. The van der Waals surface area contributed by atoms with Crippen molar-refractivity contribution in [1.29, 1.82) is 0 Å². The average Bonchev–Trinajstić information content (AvgIpc) is 2.52. The normalized spacial score (nSPS) is 17.4. The topological polar surface area (TPSA) is 159 Å². The van der Waals surface area contributed by atoms with Gasteiger partial charge in [-0.3, -0.25) is 9.59 Å². The van der Waals surface area contributed by atoms with Crippen molar-refractivity contribution in [2.75, 3.05) is 6.54 Å². The van der Waals surface area contributed by atoms with E-state index in [4.69, 9.17) is 16.0 Å². The number of nitrogens with zero attached hydrogens (tertiary/aromatic N) is 3. The summed E-state index contributed by atoms with van der Waals surface area (Å²) >= 11 is 0. The molecule has 0 bridgehead atoms. The lowest BCUT2D eigenvalue weighted by atomic mass is 9.76. The summed E-state index contributed by atoms with van der Waals surface area (Å²) in [4.78, 5) is 27.2. The number of carboxylic acid groups (broad SMARTS) is 1. The number of aliphatic hydroxyl groups excluding tert-OH is 1. The van der Waals surface area contributed by atoms with Gasteiger partial charge in [0, 0.05) is 17.9 Å². The Kier molecular flexibility index (Phi) is 9.95. The van der Waals surface area contributed by atoms with Crippen LogP contribution in [0.1, 0.15) is 61.3 Å². The molecule has 0 rings (SSSR count). The molecule has 0 aromatic heterocycles. The van der Waals surface area contributed by atoms with Crippen LogP contribution in [0, 0.1) is 23.7 Å². The van der Waals surface area contributed by atoms with Gasteiger partial charge in [0.2, 0.25) is 0 Å². The van der Waals surface area contributed by atoms with Gasteiger partial charge < -0.3 is 20.7 Å². The van der Waals surface area contributed by atoms with Gasteiger partial charge in [-0.05, 0) is 50.5 Å². The molecule has 162 valence electrons. The summed E-state index contributed by atoms with van der Waals surface area (Å²) in [6.07, 6.45) is -1.41. The molecule has 9 heteroatoms. The van der Waals surface area contributed by atoms with Crippen molar-refractivity contribution in [2.24, 2.45) is 34.5 Å². The molecule has 0 saturated heterocycles. The molecule has 0 fully saturated rings. The molecule has 9 nitrogen and oxygen atoms in total. The van der Waals surface area contributed by atoms with Crippen molar-refractivity contribution in [2.45, 2.75) is 78.6 Å². The largest absolute Gasteiger partial charge is 0.480 e. The lowest BCUT2D eigenvalue weighted by Crippen LogP contribution is -2.56. The first-order chi connectivity index (χ1) is 12.7. The van der Waals surface area contributed by atoms with E-state index < -0.39 is 41.0 Å². The third-order valence-corrected chi connectivity index (χ3v) is 5.03. The van der Waals surface area contributed by atoms with E-state index in [1.54, 1.807) is 34.6 Å². The van der Waals surface area contributed by atoms with E-state index in [0.717, 1.165) is 0 Å². The van der Waals surface area contributed by atoms with Gasteiger partial charge in [-0.25, -0.2) is 0 Å². The zero-order chi connectivity index (χ0) is 22.3. The summed E-state index contributed by atoms with van der Waals surface area (Å²) in [5, 5.41) is 24.0. The molecule has 0 radical (unpaired) electrons. The third-order valence-electron chi connectivity index (χ3n) is 5.03. The monoisotopic (exact) mass is 400 g/mol. The van der Waals surface area contributed by atoms with Gasteiger partial charge in [0.1, 0.15) is 11.1 Å². The number of carbonyl (C=O) groups is 2. The Bertz CT molecular complexity index is 581. The first-order valence-corrected chi connectivity index (χ1v) is 9.59. The van der Waals surface area contributed by atoms with Crippen LogP contribution >= 0.6 is 0 Å². The van der Waals surface area contributed by atoms with Gasteiger partial charge in [0.15, 0.2) is 0 Å². The molecule has 0 aromatic rings. The first kappa shape index (κ1) is 26.2. The molecule has 0 heterocycles. The number of esters is 1. The minimum absolute atomic E-state index is 0.0786. The third kappa shape index (κ3) is 8.04. The van der Waals surface area contributed by atoms with Crippen molar-refractivity contribution >= 4 is 11.9 Å². The molecule has 0 amide bonds. The minimum Gasteiger partial charge on any atom is -0.480 e. The highest BCUT2D eigenvalue weighted by Gasteiger charge is 2.43. The standard InChI is InChI=1S/C19H36N4O5/c1-11(2)13(10-22-23-21)8-14(16(25)28-18(5,6)7)15(24)9-19(20,12(3)4)17(26)27/h11-15,24H,8-10,20H2,1-7H3,(H,26,27)/t13-,14+,15+,19+/m1/s1. The van der Waals surface area contributed by atoms with E-state index in [0.29, 0.717) is 0 Å². The Labute approximate surface area is 167 Å². The Hall–Kier alpha value is -1.83. The van der Waals surface area contributed by atoms with Crippen LogP contribution in [0.3, 0.4) is 0 Å². The predicted molar refractivity (Wildman–Crippen MR) is 106 cm³/mol. The van der Waals surface area contributed by atoms with E-state index in [-0.39, 0.29) is 31.2 Å². The number of carbonyl (C=O) groups excluding carboxylic acids is 1. The summed E-state index contributed by atoms with van der Waals surface area (Å²) in [7, 11) is 0. The molecule has 0 spiro atoms. The summed E-state index contributed by atoms with van der Waals surface area (Å²) < 4.78 is 5.45. The fraction of sp³-hybridized carbons (Fsp3) is 0.895. The van der Waals surface area contributed by atoms with Crippen LogP contribution in [0.5, 0.6) is 0 Å². The van der Waals surface area contributed by atoms with Gasteiger partial charge in [0.25, 0.3) is 0 Å². The SMILES string of the molecule is CC(C)[C@@H](CN=[N+]=[N-])C[C@H](C(=O)OC(C)(C)C)[C@@H](O)C[C@@](N)(C(=O)O)C(C)C. The van der Waals surface area contributed by atoms with Gasteiger partial charge in [0.05, 0.1) is 12.0 Å². The second-order valence-corrected chi connectivity index (χ2v) is 9.06. The van der Waals surface area contributed by atoms with Crippen molar-refractivity contribution < 1.29 is 24.5 Å². The summed E-state index contributed by atoms with van der Waals surface area (Å²) in [6, 6.07) is 0. The Morgan fingerprint density at radius 3 is 2.11 bits per heavy atom. The van der Waals surface area contributed by atoms with E-state index >= 15 is 0 Å². The van der Waals surface area contributed by atoms with Crippen LogP contribution in [0.15, 0.2) is 5.11 Å². The first-order valence-electron chi connectivity index (χ1n) is 9.59. The number of carboxylic acids is 1. The summed E-state index contributed by atoms with van der Waals surface area (Å²) in [5.74, 6) is -3.40. The van der Waals surface area contributed by atoms with E-state index in [1.807, 2.05) is 13.8 Å². The number of aliphatic carboxylic acids is 1. The van der Waals surface area contributed by atoms with Gasteiger partial charge in [-0.1, -0.05) is 32.8 Å². The van der Waals surface area contributed by atoms with Gasteiger partial charge in [-0.15, -0.1) is 0 Å². The predicted octanol–water partition coefficient (Wildman–Crippen LogP) is 3.11. The molecule has 0 aliphatic carbocycles. The molecular formula is C19H36N4O5. The Morgan fingerprint density at radius 2 is 1.75 bits per heavy atom. The smallest absolute Gasteiger partial charge is 0.324 e. The van der Waals surface area contributed by atoms with Crippen molar-refractivity contribution in [3.8, 4) is 0 Å². The maximum Gasteiger partial charge on any atom is 0.324 e. The molecule has 0 saturated carbocycles. The van der Waals surface area contributed by atoms with Crippen molar-refractivity contribution in [3.63, 3.8) is 0 Å². The zero-order valence-corrected chi connectivity index (χ0v) is 18.0. The molecular weight excluding hydrogens is 364 g/mol. The highest BCUT2D eigenvalue weighted by Crippen LogP contribution is 2.31. The van der Waals surface area contributed by atoms with E-state index in [1.165, 1.54) is 0 Å². The highest BCUT2D eigenvalue weighted by atomic mass is 16.6. The fourth-order valence-electron chi connectivity index (χ4n) is 2.87. The highest BCUT2D eigenvalue weighted by molar-refractivity contribution is 5.79. The lowest BCUT2D eigenvalue weighted by molar-refractivity contribution is -0.167. The molecule has 4 atom stereocenters. The number of rotatable bonds is 11. The summed E-state index contributed by atoms with van der Waals surface area (Å²) in [6.45, 7) is 12.5.